The first-order chi connectivity index (χ1) is 15.8. The lowest BCUT2D eigenvalue weighted by atomic mass is 10.1. The number of anilines is 1. The third-order valence-electron chi connectivity index (χ3n) is 5.10. The third kappa shape index (κ3) is 6.79. The number of carbonyl (C=O) groups excluding carboxylic acids is 3. The number of ether oxygens (including phenoxy) is 1. The predicted octanol–water partition coefficient (Wildman–Crippen LogP) is 2.15. The maximum atomic E-state index is 13.1. The Balaban J connectivity index is 1.62. The van der Waals surface area contributed by atoms with Crippen LogP contribution in [0, 0.1) is 0 Å². The molecule has 0 bridgehead atoms. The zero-order chi connectivity index (χ0) is 23.8. The van der Waals surface area contributed by atoms with Crippen LogP contribution in [0.2, 0.25) is 0 Å². The van der Waals surface area contributed by atoms with Crippen LogP contribution in [0.25, 0.3) is 0 Å². The zero-order valence-electron chi connectivity index (χ0n) is 18.4. The van der Waals surface area contributed by atoms with Crippen molar-refractivity contribution < 1.29 is 27.5 Å². The minimum atomic E-state index is -3.68. The van der Waals surface area contributed by atoms with Gasteiger partial charge in [-0.05, 0) is 24.6 Å². The van der Waals surface area contributed by atoms with Gasteiger partial charge < -0.3 is 19.9 Å². The van der Waals surface area contributed by atoms with Gasteiger partial charge in [-0.3, -0.25) is 9.59 Å². The standard InChI is InChI=1S/C23H27N3O6S/c1-2-32-23(29)26-14-12-25(13-15-26)22(28)19-10-6-7-11-20(19)24-21(27)17-33(30,31)16-18-8-4-3-5-9-18/h3-11H,2,12-17H2,1H3,(H,24,27). The molecule has 3 rings (SSSR count). The summed E-state index contributed by atoms with van der Waals surface area (Å²) in [6.45, 7) is 3.35. The highest BCUT2D eigenvalue weighted by molar-refractivity contribution is 7.91. The first-order valence-electron chi connectivity index (χ1n) is 10.6. The summed E-state index contributed by atoms with van der Waals surface area (Å²) < 4.78 is 29.8. The molecule has 2 aromatic carbocycles. The van der Waals surface area contributed by atoms with Crippen LogP contribution >= 0.6 is 0 Å². The van der Waals surface area contributed by atoms with E-state index in [1.165, 1.54) is 0 Å². The van der Waals surface area contributed by atoms with Gasteiger partial charge in [-0.1, -0.05) is 42.5 Å². The molecule has 0 radical (unpaired) electrons. The fraction of sp³-hybridized carbons (Fsp3) is 0.348. The second-order valence-electron chi connectivity index (χ2n) is 7.59. The van der Waals surface area contributed by atoms with Crippen LogP contribution < -0.4 is 5.32 Å². The largest absolute Gasteiger partial charge is 0.450 e. The van der Waals surface area contributed by atoms with E-state index in [0.717, 1.165) is 0 Å². The number of nitrogens with zero attached hydrogens (tertiary/aromatic N) is 2. The summed E-state index contributed by atoms with van der Waals surface area (Å²) in [7, 11) is -3.68. The van der Waals surface area contributed by atoms with Gasteiger partial charge in [0, 0.05) is 26.2 Å². The van der Waals surface area contributed by atoms with Gasteiger partial charge in [0.2, 0.25) is 5.91 Å². The second-order valence-corrected chi connectivity index (χ2v) is 9.65. The Morgan fingerprint density at radius 1 is 0.909 bits per heavy atom. The van der Waals surface area contributed by atoms with E-state index in [9.17, 15) is 22.8 Å². The molecule has 10 heteroatoms. The molecule has 0 aliphatic carbocycles. The van der Waals surface area contributed by atoms with Gasteiger partial charge in [0.15, 0.2) is 9.84 Å². The second kappa shape index (κ2) is 11.0. The van der Waals surface area contributed by atoms with Crippen molar-refractivity contribution >= 4 is 33.4 Å². The Morgan fingerprint density at radius 2 is 1.52 bits per heavy atom. The van der Waals surface area contributed by atoms with Crippen molar-refractivity contribution in [1.29, 1.82) is 0 Å². The number of piperazine rings is 1. The maximum absolute atomic E-state index is 13.1. The lowest BCUT2D eigenvalue weighted by Crippen LogP contribution is -2.50. The average molecular weight is 474 g/mol. The number of hydrogen-bond acceptors (Lipinski definition) is 6. The molecule has 176 valence electrons. The van der Waals surface area contributed by atoms with Gasteiger partial charge in [-0.2, -0.15) is 0 Å². The molecule has 0 atom stereocenters. The highest BCUT2D eigenvalue weighted by Crippen LogP contribution is 2.19. The molecule has 1 saturated heterocycles. The summed E-state index contributed by atoms with van der Waals surface area (Å²) in [6.07, 6.45) is -0.408. The molecule has 1 heterocycles. The number of benzene rings is 2. The Morgan fingerprint density at radius 3 is 2.18 bits per heavy atom. The molecule has 2 aromatic rings. The predicted molar refractivity (Wildman–Crippen MR) is 124 cm³/mol. The Hall–Kier alpha value is -3.40. The van der Waals surface area contributed by atoms with Crippen molar-refractivity contribution in [2.24, 2.45) is 0 Å². The van der Waals surface area contributed by atoms with Gasteiger partial charge in [0.25, 0.3) is 5.91 Å². The van der Waals surface area contributed by atoms with Crippen molar-refractivity contribution in [3.8, 4) is 0 Å². The summed E-state index contributed by atoms with van der Waals surface area (Å²) in [5.41, 5.74) is 1.11. The summed E-state index contributed by atoms with van der Waals surface area (Å²) in [6, 6.07) is 15.1. The average Bonchev–Trinajstić information content (AvgIpc) is 2.79. The number of carbonyl (C=O) groups is 3. The molecule has 3 amide bonds. The van der Waals surface area contributed by atoms with Crippen LogP contribution in [0.3, 0.4) is 0 Å². The van der Waals surface area contributed by atoms with Crippen molar-refractivity contribution in [1.82, 2.24) is 9.80 Å². The van der Waals surface area contributed by atoms with Gasteiger partial charge in [0.05, 0.1) is 23.6 Å². The Kier molecular flexibility index (Phi) is 8.05. The normalized spacial score (nSPS) is 14.0. The number of rotatable bonds is 7. The van der Waals surface area contributed by atoms with Crippen LogP contribution in [-0.4, -0.2) is 74.7 Å². The molecule has 0 unspecified atom stereocenters. The summed E-state index contributed by atoms with van der Waals surface area (Å²) in [5, 5.41) is 2.57. The number of sulfone groups is 1. The first kappa shape index (κ1) is 24.2. The Bertz CT molecular complexity index is 1100. The van der Waals surface area contributed by atoms with Gasteiger partial charge in [-0.15, -0.1) is 0 Å². The van der Waals surface area contributed by atoms with Crippen LogP contribution in [-0.2, 0) is 25.1 Å². The smallest absolute Gasteiger partial charge is 0.409 e. The number of nitrogens with one attached hydrogen (secondary N) is 1. The summed E-state index contributed by atoms with van der Waals surface area (Å²) in [4.78, 5) is 40.5. The fourth-order valence-corrected chi connectivity index (χ4v) is 4.80. The molecule has 0 spiro atoms. The highest BCUT2D eigenvalue weighted by atomic mass is 32.2. The van der Waals surface area contributed by atoms with E-state index in [4.69, 9.17) is 4.74 Å². The van der Waals surface area contributed by atoms with Crippen LogP contribution in [0.4, 0.5) is 10.5 Å². The van der Waals surface area contributed by atoms with E-state index in [-0.39, 0.29) is 29.5 Å². The van der Waals surface area contributed by atoms with Gasteiger partial charge >= 0.3 is 6.09 Å². The van der Waals surface area contributed by atoms with Crippen LogP contribution in [0.15, 0.2) is 54.6 Å². The van der Waals surface area contributed by atoms with Crippen molar-refractivity contribution in [3.05, 3.63) is 65.7 Å². The van der Waals surface area contributed by atoms with Crippen LogP contribution in [0.5, 0.6) is 0 Å². The number of amides is 3. The lowest BCUT2D eigenvalue weighted by Gasteiger charge is -2.34. The molecular weight excluding hydrogens is 446 g/mol. The van der Waals surface area contributed by atoms with Crippen molar-refractivity contribution in [2.45, 2.75) is 12.7 Å². The topological polar surface area (TPSA) is 113 Å². The molecule has 1 N–H and O–H groups in total. The first-order valence-corrected chi connectivity index (χ1v) is 12.5. The van der Waals surface area contributed by atoms with E-state index in [1.807, 2.05) is 0 Å². The molecule has 1 fully saturated rings. The molecule has 0 aromatic heterocycles. The maximum Gasteiger partial charge on any atom is 0.409 e. The lowest BCUT2D eigenvalue weighted by molar-refractivity contribution is -0.113. The monoisotopic (exact) mass is 473 g/mol. The molecular formula is C23H27N3O6S. The van der Waals surface area contributed by atoms with Gasteiger partial charge in [-0.25, -0.2) is 13.2 Å². The fourth-order valence-electron chi connectivity index (χ4n) is 3.52. The molecule has 33 heavy (non-hydrogen) atoms. The molecule has 1 aliphatic heterocycles. The molecule has 0 saturated carbocycles. The SMILES string of the molecule is CCOC(=O)N1CCN(C(=O)c2ccccc2NC(=O)CS(=O)(=O)Cc2ccccc2)CC1. The van der Waals surface area contributed by atoms with E-state index in [1.54, 1.807) is 71.3 Å². The number of hydrogen-bond donors (Lipinski definition) is 1. The van der Waals surface area contributed by atoms with Crippen molar-refractivity contribution in [2.75, 3.05) is 43.9 Å². The van der Waals surface area contributed by atoms with E-state index in [0.29, 0.717) is 31.7 Å². The third-order valence-corrected chi connectivity index (χ3v) is 6.58. The Labute approximate surface area is 193 Å². The molecule has 1 aliphatic rings. The summed E-state index contributed by atoms with van der Waals surface area (Å²) in [5.74, 6) is -1.95. The quantitative estimate of drug-likeness (QED) is 0.659. The minimum Gasteiger partial charge on any atom is -0.450 e. The van der Waals surface area contributed by atoms with E-state index >= 15 is 0 Å². The van der Waals surface area contributed by atoms with Crippen LogP contribution in [0.1, 0.15) is 22.8 Å². The molecule has 9 nitrogen and oxygen atoms in total. The zero-order valence-corrected chi connectivity index (χ0v) is 19.2. The van der Waals surface area contributed by atoms with E-state index in [2.05, 4.69) is 5.32 Å². The van der Waals surface area contributed by atoms with Gasteiger partial charge in [0.1, 0.15) is 5.75 Å². The van der Waals surface area contributed by atoms with Crippen molar-refractivity contribution in [3.63, 3.8) is 0 Å². The highest BCUT2D eigenvalue weighted by Gasteiger charge is 2.27. The summed E-state index contributed by atoms with van der Waals surface area (Å²) >= 11 is 0. The number of para-hydroxylation sites is 1. The minimum absolute atomic E-state index is 0.243. The van der Waals surface area contributed by atoms with E-state index < -0.39 is 27.6 Å².